The van der Waals surface area contributed by atoms with Crippen molar-refractivity contribution in [3.63, 3.8) is 0 Å². The van der Waals surface area contributed by atoms with Crippen LogP contribution >= 0.6 is 0 Å². The van der Waals surface area contributed by atoms with Crippen molar-refractivity contribution in [3.8, 4) is 34.0 Å². The summed E-state index contributed by atoms with van der Waals surface area (Å²) in [7, 11) is 1.60. The molecule has 0 aliphatic rings. The van der Waals surface area contributed by atoms with E-state index in [4.69, 9.17) is 4.74 Å². The van der Waals surface area contributed by atoms with E-state index in [-0.39, 0.29) is 5.82 Å². The molecule has 6 heteroatoms. The maximum absolute atomic E-state index is 15.6. The topological polar surface area (TPSA) is 44.4 Å². The molecule has 0 amide bonds. The van der Waals surface area contributed by atoms with Crippen molar-refractivity contribution in [1.29, 1.82) is 0 Å². The SMILES string of the molecule is COc1ccc(-n2c3ccccc3c3ccccc32)cc1-c1ccc(-c2nc3ccccn3n2)cc1F. The summed E-state index contributed by atoms with van der Waals surface area (Å²) in [6, 6.07) is 33.3. The first kappa shape index (κ1) is 21.3. The maximum Gasteiger partial charge on any atom is 0.182 e. The van der Waals surface area contributed by atoms with Gasteiger partial charge in [-0.1, -0.05) is 54.6 Å². The molecule has 0 atom stereocenters. The van der Waals surface area contributed by atoms with Crippen LogP contribution in [0.1, 0.15) is 0 Å². The van der Waals surface area contributed by atoms with Gasteiger partial charge in [0, 0.05) is 39.3 Å². The van der Waals surface area contributed by atoms with Crippen molar-refractivity contribution in [3.05, 3.63) is 115 Å². The Hall–Kier alpha value is -4.97. The van der Waals surface area contributed by atoms with Crippen molar-refractivity contribution >= 4 is 27.5 Å². The van der Waals surface area contributed by atoms with Crippen molar-refractivity contribution < 1.29 is 9.13 Å². The first-order valence-corrected chi connectivity index (χ1v) is 12.0. The first-order valence-electron chi connectivity index (χ1n) is 12.0. The van der Waals surface area contributed by atoms with Gasteiger partial charge in [-0.25, -0.2) is 13.9 Å². The molecule has 0 saturated carbocycles. The van der Waals surface area contributed by atoms with Crippen molar-refractivity contribution in [2.24, 2.45) is 0 Å². The van der Waals surface area contributed by atoms with Gasteiger partial charge in [0.05, 0.1) is 18.1 Å². The molecular weight excluding hydrogens is 463 g/mol. The van der Waals surface area contributed by atoms with E-state index in [1.54, 1.807) is 17.7 Å². The van der Waals surface area contributed by atoms with Gasteiger partial charge in [0.25, 0.3) is 0 Å². The molecule has 0 saturated heterocycles. The van der Waals surface area contributed by atoms with Crippen LogP contribution in [-0.2, 0) is 0 Å². The molecule has 0 unspecified atom stereocenters. The molecule has 178 valence electrons. The fraction of sp³-hybridized carbons (Fsp3) is 0.0323. The number of benzene rings is 4. The lowest BCUT2D eigenvalue weighted by Crippen LogP contribution is -1.97. The van der Waals surface area contributed by atoms with Gasteiger partial charge in [0.2, 0.25) is 0 Å². The summed E-state index contributed by atoms with van der Waals surface area (Å²) in [4.78, 5) is 4.52. The fourth-order valence-corrected chi connectivity index (χ4v) is 5.07. The van der Waals surface area contributed by atoms with Crippen LogP contribution in [0, 0.1) is 5.82 Å². The minimum Gasteiger partial charge on any atom is -0.496 e. The second kappa shape index (κ2) is 8.31. The summed E-state index contributed by atoms with van der Waals surface area (Å²) in [6.45, 7) is 0. The molecule has 0 fully saturated rings. The lowest BCUT2D eigenvalue weighted by molar-refractivity contribution is 0.416. The van der Waals surface area contributed by atoms with Gasteiger partial charge < -0.3 is 9.30 Å². The van der Waals surface area contributed by atoms with Crippen molar-refractivity contribution in [1.82, 2.24) is 19.2 Å². The van der Waals surface area contributed by atoms with Crippen molar-refractivity contribution in [2.75, 3.05) is 7.11 Å². The van der Waals surface area contributed by atoms with Crippen LogP contribution in [0.5, 0.6) is 5.75 Å². The standard InChI is InChI=1S/C31H21FN4O/c1-37-29-16-14-21(36-27-10-4-2-8-23(27)24-9-3-5-11-28(24)36)19-25(29)22-15-13-20(18-26(22)32)31-33-30-12-6-7-17-35(30)34-31/h2-19H,1H3. The van der Waals surface area contributed by atoms with E-state index in [0.29, 0.717) is 33.9 Å². The third-order valence-corrected chi connectivity index (χ3v) is 6.78. The van der Waals surface area contributed by atoms with Crippen LogP contribution in [0.4, 0.5) is 4.39 Å². The quantitative estimate of drug-likeness (QED) is 0.263. The number of hydrogen-bond donors (Lipinski definition) is 0. The Balaban J connectivity index is 1.39. The Labute approximate surface area is 212 Å². The van der Waals surface area contributed by atoms with E-state index in [0.717, 1.165) is 16.7 Å². The lowest BCUT2D eigenvalue weighted by Gasteiger charge is -2.14. The zero-order valence-electron chi connectivity index (χ0n) is 20.0. The molecule has 3 aromatic heterocycles. The molecule has 7 aromatic rings. The number of ether oxygens (including phenoxy) is 1. The van der Waals surface area contributed by atoms with E-state index in [2.05, 4.69) is 38.9 Å². The number of halogens is 1. The summed E-state index contributed by atoms with van der Waals surface area (Å²) in [5.74, 6) is 0.707. The Bertz CT molecular complexity index is 1870. The minimum absolute atomic E-state index is 0.367. The number of pyridine rings is 1. The number of methoxy groups -OCH3 is 1. The lowest BCUT2D eigenvalue weighted by atomic mass is 10.0. The van der Waals surface area contributed by atoms with Crippen LogP contribution < -0.4 is 4.74 Å². The number of fused-ring (bicyclic) bond motifs is 4. The highest BCUT2D eigenvalue weighted by Gasteiger charge is 2.17. The zero-order valence-corrected chi connectivity index (χ0v) is 20.0. The van der Waals surface area contributed by atoms with E-state index >= 15 is 4.39 Å². The van der Waals surface area contributed by atoms with Gasteiger partial charge in [-0.2, -0.15) is 0 Å². The van der Waals surface area contributed by atoms with E-state index in [1.807, 2.05) is 72.9 Å². The van der Waals surface area contributed by atoms with Crippen LogP contribution in [-0.4, -0.2) is 26.3 Å². The summed E-state index contributed by atoms with van der Waals surface area (Å²) in [5, 5.41) is 6.82. The van der Waals surface area contributed by atoms with Crippen LogP contribution in [0.15, 0.2) is 109 Å². The van der Waals surface area contributed by atoms with Gasteiger partial charge in [-0.05, 0) is 48.5 Å². The number of aromatic nitrogens is 4. The second-order valence-corrected chi connectivity index (χ2v) is 8.89. The van der Waals surface area contributed by atoms with Crippen molar-refractivity contribution in [2.45, 2.75) is 0 Å². The summed E-state index contributed by atoms with van der Waals surface area (Å²) < 4.78 is 25.2. The number of para-hydroxylation sites is 2. The molecule has 37 heavy (non-hydrogen) atoms. The average molecular weight is 485 g/mol. The molecule has 0 radical (unpaired) electrons. The highest BCUT2D eigenvalue weighted by molar-refractivity contribution is 6.09. The molecule has 3 heterocycles. The smallest absolute Gasteiger partial charge is 0.182 e. The molecule has 4 aromatic carbocycles. The number of rotatable bonds is 4. The third-order valence-electron chi connectivity index (χ3n) is 6.78. The summed E-state index contributed by atoms with van der Waals surface area (Å²) in [5.41, 5.74) is 5.56. The minimum atomic E-state index is -0.367. The highest BCUT2D eigenvalue weighted by Crippen LogP contribution is 2.38. The predicted molar refractivity (Wildman–Crippen MR) is 145 cm³/mol. The highest BCUT2D eigenvalue weighted by atomic mass is 19.1. The van der Waals surface area contributed by atoms with E-state index in [9.17, 15) is 0 Å². The van der Waals surface area contributed by atoms with Gasteiger partial charge in [-0.15, -0.1) is 5.10 Å². The Morgan fingerprint density at radius 3 is 2.16 bits per heavy atom. The van der Waals surface area contributed by atoms with Crippen LogP contribution in [0.25, 0.3) is 55.7 Å². The van der Waals surface area contributed by atoms with Gasteiger partial charge >= 0.3 is 0 Å². The van der Waals surface area contributed by atoms with Gasteiger partial charge in [0.1, 0.15) is 11.6 Å². The monoisotopic (exact) mass is 484 g/mol. The Morgan fingerprint density at radius 2 is 1.46 bits per heavy atom. The third kappa shape index (κ3) is 3.37. The predicted octanol–water partition coefficient (Wildman–Crippen LogP) is 7.31. The van der Waals surface area contributed by atoms with Crippen LogP contribution in [0.2, 0.25) is 0 Å². The molecule has 5 nitrogen and oxygen atoms in total. The molecule has 0 aliphatic heterocycles. The normalized spacial score (nSPS) is 11.5. The molecule has 7 rings (SSSR count). The summed E-state index contributed by atoms with van der Waals surface area (Å²) >= 11 is 0. The molecule has 0 spiro atoms. The number of hydrogen-bond acceptors (Lipinski definition) is 3. The van der Waals surface area contributed by atoms with E-state index < -0.39 is 0 Å². The first-order chi connectivity index (χ1) is 18.2. The average Bonchev–Trinajstić information content (AvgIpc) is 3.52. The van der Waals surface area contributed by atoms with E-state index in [1.165, 1.54) is 16.8 Å². The zero-order chi connectivity index (χ0) is 24.9. The molecule has 0 N–H and O–H groups in total. The largest absolute Gasteiger partial charge is 0.496 e. The second-order valence-electron chi connectivity index (χ2n) is 8.89. The molecule has 0 aliphatic carbocycles. The maximum atomic E-state index is 15.6. The molecular formula is C31H21FN4O. The Morgan fingerprint density at radius 1 is 0.730 bits per heavy atom. The molecule has 0 bridgehead atoms. The Kier molecular flexibility index (Phi) is 4.79. The van der Waals surface area contributed by atoms with Gasteiger partial charge in [0.15, 0.2) is 11.5 Å². The number of nitrogens with zero attached hydrogens (tertiary/aromatic N) is 4. The van der Waals surface area contributed by atoms with Gasteiger partial charge in [-0.3, -0.25) is 0 Å². The fourth-order valence-electron chi connectivity index (χ4n) is 5.07. The summed E-state index contributed by atoms with van der Waals surface area (Å²) in [6.07, 6.45) is 1.82. The van der Waals surface area contributed by atoms with Crippen LogP contribution in [0.3, 0.4) is 0 Å².